The van der Waals surface area contributed by atoms with Gasteiger partial charge in [-0.3, -0.25) is 0 Å². The van der Waals surface area contributed by atoms with Gasteiger partial charge in [-0.2, -0.15) is 0 Å². The first-order valence-electron chi connectivity index (χ1n) is 5.37. The smallest absolute Gasteiger partial charge is 0.00407 e. The Labute approximate surface area is 77.1 Å². The molecule has 72 valence electrons. The van der Waals surface area contributed by atoms with Crippen molar-refractivity contribution in [1.82, 2.24) is 4.90 Å². The first-order chi connectivity index (χ1) is 5.64. The highest BCUT2D eigenvalue weighted by molar-refractivity contribution is 4.90. The van der Waals surface area contributed by atoms with Gasteiger partial charge in [0, 0.05) is 6.54 Å². The quantitative estimate of drug-likeness (QED) is 0.628. The highest BCUT2D eigenvalue weighted by atomic mass is 15.1. The summed E-state index contributed by atoms with van der Waals surface area (Å²) in [6, 6.07) is 0. The first-order valence-corrected chi connectivity index (χ1v) is 5.37. The summed E-state index contributed by atoms with van der Waals surface area (Å²) < 4.78 is 0. The van der Waals surface area contributed by atoms with Crippen molar-refractivity contribution in [3.8, 4) is 0 Å². The van der Waals surface area contributed by atoms with E-state index in [9.17, 15) is 0 Å². The summed E-state index contributed by atoms with van der Waals surface area (Å²) in [5.74, 6) is 0.846. The van der Waals surface area contributed by atoms with Crippen molar-refractivity contribution in [2.45, 2.75) is 40.5 Å². The van der Waals surface area contributed by atoms with Crippen LogP contribution in [0.5, 0.6) is 0 Å². The molecule has 0 amide bonds. The first kappa shape index (κ1) is 10.0. The minimum absolute atomic E-state index is 0.635. The molecular formula is C11H23N. The molecule has 1 aliphatic rings. The molecule has 0 aliphatic carbocycles. The molecule has 0 saturated carbocycles. The number of rotatable bonds is 3. The average molecular weight is 169 g/mol. The predicted octanol–water partition coefficient (Wildman–Crippen LogP) is 2.76. The molecule has 0 spiro atoms. The summed E-state index contributed by atoms with van der Waals surface area (Å²) >= 11 is 0. The van der Waals surface area contributed by atoms with E-state index in [1.807, 2.05) is 0 Å². The Morgan fingerprint density at radius 1 is 1.33 bits per heavy atom. The minimum Gasteiger partial charge on any atom is -0.303 e. The molecule has 1 rings (SSSR count). The second-order valence-electron chi connectivity index (χ2n) is 4.49. The van der Waals surface area contributed by atoms with Gasteiger partial charge in [0.1, 0.15) is 0 Å². The van der Waals surface area contributed by atoms with Crippen LogP contribution in [0.2, 0.25) is 0 Å². The highest BCUT2D eigenvalue weighted by Gasteiger charge is 2.38. The number of likely N-dealkylation sites (tertiary alicyclic amines) is 1. The van der Waals surface area contributed by atoms with Gasteiger partial charge in [0.2, 0.25) is 0 Å². The summed E-state index contributed by atoms with van der Waals surface area (Å²) in [4.78, 5) is 2.59. The molecular weight excluding hydrogens is 146 g/mol. The van der Waals surface area contributed by atoms with Crippen molar-refractivity contribution >= 4 is 0 Å². The van der Waals surface area contributed by atoms with Crippen LogP contribution in [-0.4, -0.2) is 24.5 Å². The maximum Gasteiger partial charge on any atom is 0.00407 e. The minimum atomic E-state index is 0.635. The molecule has 1 atom stereocenters. The lowest BCUT2D eigenvalue weighted by molar-refractivity contribution is 0.180. The Hall–Kier alpha value is -0.0400. The number of hydrogen-bond donors (Lipinski definition) is 0. The lowest BCUT2D eigenvalue weighted by atomic mass is 9.74. The van der Waals surface area contributed by atoms with Crippen molar-refractivity contribution < 1.29 is 0 Å². The zero-order valence-electron chi connectivity index (χ0n) is 9.06. The van der Waals surface area contributed by atoms with Crippen LogP contribution in [0.3, 0.4) is 0 Å². The van der Waals surface area contributed by atoms with Gasteiger partial charge in [-0.05, 0) is 37.3 Å². The van der Waals surface area contributed by atoms with E-state index in [0.717, 1.165) is 5.92 Å². The van der Waals surface area contributed by atoms with Gasteiger partial charge in [-0.25, -0.2) is 0 Å². The molecule has 0 aromatic rings. The van der Waals surface area contributed by atoms with E-state index in [0.29, 0.717) is 5.41 Å². The molecule has 1 saturated heterocycles. The third kappa shape index (κ3) is 1.66. The largest absolute Gasteiger partial charge is 0.303 e. The van der Waals surface area contributed by atoms with Crippen molar-refractivity contribution in [2.24, 2.45) is 11.3 Å². The molecule has 0 aromatic carbocycles. The van der Waals surface area contributed by atoms with E-state index in [1.165, 1.54) is 32.5 Å². The zero-order valence-corrected chi connectivity index (χ0v) is 9.06. The van der Waals surface area contributed by atoms with Crippen LogP contribution in [0.4, 0.5) is 0 Å². The van der Waals surface area contributed by atoms with Crippen molar-refractivity contribution in [3.63, 3.8) is 0 Å². The van der Waals surface area contributed by atoms with E-state index >= 15 is 0 Å². The monoisotopic (exact) mass is 169 g/mol. The summed E-state index contributed by atoms with van der Waals surface area (Å²) in [5.41, 5.74) is 0.635. The highest BCUT2D eigenvalue weighted by Crippen LogP contribution is 2.40. The van der Waals surface area contributed by atoms with E-state index in [-0.39, 0.29) is 0 Å². The van der Waals surface area contributed by atoms with E-state index in [1.54, 1.807) is 0 Å². The SMILES string of the molecule is CCN1CCC(CC)(C(C)C)C1. The fourth-order valence-corrected chi connectivity index (χ4v) is 2.42. The van der Waals surface area contributed by atoms with Crippen LogP contribution in [0.15, 0.2) is 0 Å². The molecule has 0 bridgehead atoms. The molecule has 1 heteroatoms. The lowest BCUT2D eigenvalue weighted by Crippen LogP contribution is -2.31. The molecule has 1 heterocycles. The number of hydrogen-bond acceptors (Lipinski definition) is 1. The predicted molar refractivity (Wildman–Crippen MR) is 54.3 cm³/mol. The second-order valence-corrected chi connectivity index (χ2v) is 4.49. The Kier molecular flexibility index (Phi) is 3.16. The molecule has 1 fully saturated rings. The van der Waals surface area contributed by atoms with Crippen molar-refractivity contribution in [1.29, 1.82) is 0 Å². The number of nitrogens with zero attached hydrogens (tertiary/aromatic N) is 1. The van der Waals surface area contributed by atoms with Crippen molar-refractivity contribution in [3.05, 3.63) is 0 Å². The Balaban J connectivity index is 2.59. The third-order valence-corrected chi connectivity index (χ3v) is 3.84. The van der Waals surface area contributed by atoms with Crippen LogP contribution >= 0.6 is 0 Å². The average Bonchev–Trinajstić information content (AvgIpc) is 2.48. The molecule has 0 aromatic heterocycles. The molecule has 0 radical (unpaired) electrons. The van der Waals surface area contributed by atoms with Crippen LogP contribution in [0.25, 0.3) is 0 Å². The Morgan fingerprint density at radius 3 is 2.25 bits per heavy atom. The van der Waals surface area contributed by atoms with Gasteiger partial charge in [0.25, 0.3) is 0 Å². The van der Waals surface area contributed by atoms with Gasteiger partial charge in [0.15, 0.2) is 0 Å². The van der Waals surface area contributed by atoms with Gasteiger partial charge < -0.3 is 4.90 Å². The van der Waals surface area contributed by atoms with E-state index < -0.39 is 0 Å². The topological polar surface area (TPSA) is 3.24 Å². The zero-order chi connectivity index (χ0) is 9.19. The molecule has 0 N–H and O–H groups in total. The molecule has 1 aliphatic heterocycles. The van der Waals surface area contributed by atoms with Gasteiger partial charge in [-0.1, -0.05) is 27.7 Å². The fraction of sp³-hybridized carbons (Fsp3) is 1.00. The van der Waals surface area contributed by atoms with Crippen LogP contribution < -0.4 is 0 Å². The molecule has 1 unspecified atom stereocenters. The summed E-state index contributed by atoms with van der Waals surface area (Å²) in [6.07, 6.45) is 2.76. The molecule has 12 heavy (non-hydrogen) atoms. The fourth-order valence-electron chi connectivity index (χ4n) is 2.42. The lowest BCUT2D eigenvalue weighted by Gasteiger charge is -2.32. The Morgan fingerprint density at radius 2 is 2.00 bits per heavy atom. The van der Waals surface area contributed by atoms with E-state index in [2.05, 4.69) is 32.6 Å². The van der Waals surface area contributed by atoms with Gasteiger partial charge in [-0.15, -0.1) is 0 Å². The second kappa shape index (κ2) is 3.78. The Bertz CT molecular complexity index is 142. The summed E-state index contributed by atoms with van der Waals surface area (Å²) in [6.45, 7) is 13.3. The summed E-state index contributed by atoms with van der Waals surface area (Å²) in [7, 11) is 0. The van der Waals surface area contributed by atoms with Gasteiger partial charge >= 0.3 is 0 Å². The van der Waals surface area contributed by atoms with Crippen molar-refractivity contribution in [2.75, 3.05) is 19.6 Å². The normalized spacial score (nSPS) is 31.8. The third-order valence-electron chi connectivity index (χ3n) is 3.84. The van der Waals surface area contributed by atoms with E-state index in [4.69, 9.17) is 0 Å². The van der Waals surface area contributed by atoms with Crippen LogP contribution in [0.1, 0.15) is 40.5 Å². The molecule has 1 nitrogen and oxygen atoms in total. The van der Waals surface area contributed by atoms with Crippen LogP contribution in [0, 0.1) is 11.3 Å². The summed E-state index contributed by atoms with van der Waals surface area (Å²) in [5, 5.41) is 0. The maximum atomic E-state index is 2.59. The maximum absolute atomic E-state index is 2.59. The van der Waals surface area contributed by atoms with Gasteiger partial charge in [0.05, 0.1) is 0 Å². The standard InChI is InChI=1S/C11H23N/c1-5-11(10(3)4)7-8-12(6-2)9-11/h10H,5-9H2,1-4H3. The van der Waals surface area contributed by atoms with Crippen LogP contribution in [-0.2, 0) is 0 Å².